The minimum absolute atomic E-state index is 0.146. The molecule has 1 aromatic carbocycles. The molecule has 2 amide bonds. The van der Waals surface area contributed by atoms with E-state index in [2.05, 4.69) is 10.6 Å². The molecule has 1 unspecified atom stereocenters. The highest BCUT2D eigenvalue weighted by Gasteiger charge is 2.21. The fourth-order valence-electron chi connectivity index (χ4n) is 2.13. The molecule has 5 heteroatoms. The first-order chi connectivity index (χ1) is 10.7. The molecular weight excluding hydrogens is 280 g/mol. The van der Waals surface area contributed by atoms with E-state index < -0.39 is 0 Å². The third-order valence-corrected chi connectivity index (χ3v) is 3.74. The van der Waals surface area contributed by atoms with E-state index in [1.54, 1.807) is 0 Å². The van der Waals surface area contributed by atoms with E-state index in [0.717, 1.165) is 23.8 Å². The highest BCUT2D eigenvalue weighted by molar-refractivity contribution is 5.89. The number of benzene rings is 1. The summed E-state index contributed by atoms with van der Waals surface area (Å²) in [4.78, 5) is 11.8. The van der Waals surface area contributed by atoms with E-state index in [4.69, 9.17) is 9.84 Å². The van der Waals surface area contributed by atoms with Crippen molar-refractivity contribution in [3.05, 3.63) is 29.8 Å². The van der Waals surface area contributed by atoms with Crippen molar-refractivity contribution in [1.29, 1.82) is 0 Å². The average molecular weight is 306 g/mol. The van der Waals surface area contributed by atoms with Gasteiger partial charge in [0.25, 0.3) is 0 Å². The van der Waals surface area contributed by atoms with E-state index in [1.807, 2.05) is 31.2 Å². The molecule has 1 fully saturated rings. The second-order valence-electron chi connectivity index (χ2n) is 6.11. The minimum atomic E-state index is -0.221. The van der Waals surface area contributed by atoms with E-state index >= 15 is 0 Å². The van der Waals surface area contributed by atoms with Crippen molar-refractivity contribution in [3.8, 4) is 0 Å². The van der Waals surface area contributed by atoms with Gasteiger partial charge in [0.05, 0.1) is 6.61 Å². The van der Waals surface area contributed by atoms with Crippen LogP contribution in [0.25, 0.3) is 0 Å². The molecule has 0 bridgehead atoms. The van der Waals surface area contributed by atoms with Crippen LogP contribution < -0.4 is 10.6 Å². The van der Waals surface area contributed by atoms with E-state index in [-0.39, 0.29) is 18.6 Å². The van der Waals surface area contributed by atoms with Gasteiger partial charge in [0.1, 0.15) is 0 Å². The summed E-state index contributed by atoms with van der Waals surface area (Å²) in [5, 5.41) is 14.5. The molecule has 1 aliphatic carbocycles. The van der Waals surface area contributed by atoms with Crippen molar-refractivity contribution >= 4 is 11.7 Å². The smallest absolute Gasteiger partial charge is 0.319 e. The van der Waals surface area contributed by atoms with Gasteiger partial charge in [-0.05, 0) is 48.8 Å². The van der Waals surface area contributed by atoms with Gasteiger partial charge in [-0.3, -0.25) is 0 Å². The standard InChI is InChI=1S/C17H26N2O3/c1-13(7-8-20)10-18-17(21)19-16-4-2-3-15(9-16)12-22-11-14-5-6-14/h2-4,9,13-14,20H,5-8,10-12H2,1H3,(H2,18,19,21). The molecule has 1 saturated carbocycles. The summed E-state index contributed by atoms with van der Waals surface area (Å²) in [5.74, 6) is 1.02. The number of rotatable bonds is 9. The Morgan fingerprint density at radius 1 is 1.45 bits per heavy atom. The lowest BCUT2D eigenvalue weighted by Crippen LogP contribution is -2.32. The third kappa shape index (κ3) is 6.45. The molecule has 1 aromatic rings. The predicted molar refractivity (Wildman–Crippen MR) is 86.7 cm³/mol. The van der Waals surface area contributed by atoms with E-state index in [1.165, 1.54) is 12.8 Å². The monoisotopic (exact) mass is 306 g/mol. The van der Waals surface area contributed by atoms with Crippen LogP contribution in [0.3, 0.4) is 0 Å². The predicted octanol–water partition coefficient (Wildman–Crippen LogP) is 2.75. The maximum atomic E-state index is 11.8. The van der Waals surface area contributed by atoms with Gasteiger partial charge in [0.15, 0.2) is 0 Å². The van der Waals surface area contributed by atoms with Crippen LogP contribution in [0.1, 0.15) is 31.7 Å². The summed E-state index contributed by atoms with van der Waals surface area (Å²) < 4.78 is 5.66. The van der Waals surface area contributed by atoms with Crippen LogP contribution >= 0.6 is 0 Å². The molecule has 1 atom stereocenters. The summed E-state index contributed by atoms with van der Waals surface area (Å²) in [6.07, 6.45) is 3.26. The number of aliphatic hydroxyl groups excluding tert-OH is 1. The number of aliphatic hydroxyl groups is 1. The molecular formula is C17H26N2O3. The molecule has 0 saturated heterocycles. The van der Waals surface area contributed by atoms with Gasteiger partial charge in [-0.15, -0.1) is 0 Å². The van der Waals surface area contributed by atoms with Crippen molar-refractivity contribution in [3.63, 3.8) is 0 Å². The largest absolute Gasteiger partial charge is 0.396 e. The Hall–Kier alpha value is -1.59. The lowest BCUT2D eigenvalue weighted by atomic mass is 10.1. The number of nitrogens with one attached hydrogen (secondary N) is 2. The molecule has 3 N–H and O–H groups in total. The Kier molecular flexibility index (Phi) is 6.68. The molecule has 122 valence electrons. The highest BCUT2D eigenvalue weighted by atomic mass is 16.5. The minimum Gasteiger partial charge on any atom is -0.396 e. The quantitative estimate of drug-likeness (QED) is 0.657. The molecule has 5 nitrogen and oxygen atoms in total. The summed E-state index contributed by atoms with van der Waals surface area (Å²) >= 11 is 0. The molecule has 1 aliphatic rings. The summed E-state index contributed by atoms with van der Waals surface area (Å²) in [7, 11) is 0. The number of amides is 2. The van der Waals surface area contributed by atoms with Crippen LogP contribution in [-0.2, 0) is 11.3 Å². The maximum absolute atomic E-state index is 11.8. The number of hydrogen-bond acceptors (Lipinski definition) is 3. The molecule has 0 spiro atoms. The van der Waals surface area contributed by atoms with Crippen molar-refractivity contribution in [2.45, 2.75) is 32.8 Å². The maximum Gasteiger partial charge on any atom is 0.319 e. The first-order valence-corrected chi connectivity index (χ1v) is 7.99. The Morgan fingerprint density at radius 2 is 2.27 bits per heavy atom. The van der Waals surface area contributed by atoms with Crippen molar-refractivity contribution in [1.82, 2.24) is 5.32 Å². The van der Waals surface area contributed by atoms with Gasteiger partial charge in [-0.2, -0.15) is 0 Å². The first kappa shape index (κ1) is 16.8. The molecule has 0 radical (unpaired) electrons. The highest BCUT2D eigenvalue weighted by Crippen LogP contribution is 2.29. The van der Waals surface area contributed by atoms with Gasteiger partial charge in [-0.1, -0.05) is 19.1 Å². The topological polar surface area (TPSA) is 70.6 Å². The molecule has 22 heavy (non-hydrogen) atoms. The zero-order valence-electron chi connectivity index (χ0n) is 13.2. The van der Waals surface area contributed by atoms with Crippen molar-refractivity contribution in [2.24, 2.45) is 11.8 Å². The Bertz CT molecular complexity index is 475. The van der Waals surface area contributed by atoms with Crippen LogP contribution in [-0.4, -0.2) is 30.9 Å². The molecule has 2 rings (SSSR count). The Labute approximate surface area is 132 Å². The number of ether oxygens (including phenoxy) is 1. The number of anilines is 1. The van der Waals surface area contributed by atoms with Gasteiger partial charge < -0.3 is 20.5 Å². The van der Waals surface area contributed by atoms with Gasteiger partial charge in [0, 0.05) is 25.4 Å². The Morgan fingerprint density at radius 3 is 3.00 bits per heavy atom. The fourth-order valence-corrected chi connectivity index (χ4v) is 2.13. The van der Waals surface area contributed by atoms with Gasteiger partial charge in [0.2, 0.25) is 0 Å². The molecule has 0 heterocycles. The number of hydrogen-bond donors (Lipinski definition) is 3. The summed E-state index contributed by atoms with van der Waals surface area (Å²) in [6, 6.07) is 7.49. The van der Waals surface area contributed by atoms with Crippen LogP contribution in [0.5, 0.6) is 0 Å². The van der Waals surface area contributed by atoms with Crippen LogP contribution in [0.4, 0.5) is 10.5 Å². The third-order valence-electron chi connectivity index (χ3n) is 3.74. The van der Waals surface area contributed by atoms with Crippen LogP contribution in [0, 0.1) is 11.8 Å². The Balaban J connectivity index is 1.72. The molecule has 0 aromatic heterocycles. The number of carbonyl (C=O) groups is 1. The summed E-state index contributed by atoms with van der Waals surface area (Å²) in [6.45, 7) is 4.11. The zero-order chi connectivity index (χ0) is 15.8. The van der Waals surface area contributed by atoms with E-state index in [0.29, 0.717) is 19.6 Å². The second-order valence-corrected chi connectivity index (χ2v) is 6.11. The van der Waals surface area contributed by atoms with Gasteiger partial charge in [-0.25, -0.2) is 4.79 Å². The van der Waals surface area contributed by atoms with Crippen molar-refractivity contribution in [2.75, 3.05) is 25.1 Å². The van der Waals surface area contributed by atoms with E-state index in [9.17, 15) is 4.79 Å². The van der Waals surface area contributed by atoms with Crippen LogP contribution in [0.2, 0.25) is 0 Å². The first-order valence-electron chi connectivity index (χ1n) is 7.99. The normalized spacial score (nSPS) is 15.4. The number of urea groups is 1. The second kappa shape index (κ2) is 8.76. The lowest BCUT2D eigenvalue weighted by Gasteiger charge is -2.12. The average Bonchev–Trinajstić information content (AvgIpc) is 3.30. The van der Waals surface area contributed by atoms with Crippen molar-refractivity contribution < 1.29 is 14.6 Å². The molecule has 0 aliphatic heterocycles. The number of carbonyl (C=O) groups excluding carboxylic acids is 1. The van der Waals surface area contributed by atoms with Crippen LogP contribution in [0.15, 0.2) is 24.3 Å². The SMILES string of the molecule is CC(CCO)CNC(=O)Nc1cccc(COCC2CC2)c1. The fraction of sp³-hybridized carbons (Fsp3) is 0.588. The summed E-state index contributed by atoms with van der Waals surface area (Å²) in [5.41, 5.74) is 1.83. The zero-order valence-corrected chi connectivity index (χ0v) is 13.2. The lowest BCUT2D eigenvalue weighted by molar-refractivity contribution is 0.111. The van der Waals surface area contributed by atoms with Gasteiger partial charge >= 0.3 is 6.03 Å².